The molecule has 136 valence electrons. The number of H-pyrrole nitrogens is 1. The molecule has 2 aromatic rings. The molecule has 2 heterocycles. The fourth-order valence-corrected chi connectivity index (χ4v) is 3.42. The second-order valence-corrected chi connectivity index (χ2v) is 6.17. The highest BCUT2D eigenvalue weighted by Gasteiger charge is 2.30. The van der Waals surface area contributed by atoms with Gasteiger partial charge in [-0.3, -0.25) is 0 Å². The third-order valence-corrected chi connectivity index (χ3v) is 4.77. The van der Waals surface area contributed by atoms with Gasteiger partial charge >= 0.3 is 0 Å². The van der Waals surface area contributed by atoms with Gasteiger partial charge in [0.25, 0.3) is 0 Å². The van der Waals surface area contributed by atoms with Gasteiger partial charge in [0.2, 0.25) is 0 Å². The molecule has 0 radical (unpaired) electrons. The van der Waals surface area contributed by atoms with Crippen LogP contribution in [-0.4, -0.2) is 55.6 Å². The Bertz CT molecular complexity index is 871. The fourth-order valence-electron chi connectivity index (χ4n) is 3.42. The van der Waals surface area contributed by atoms with Gasteiger partial charge in [0.15, 0.2) is 0 Å². The van der Waals surface area contributed by atoms with E-state index in [9.17, 15) is 0 Å². The van der Waals surface area contributed by atoms with Crippen LogP contribution >= 0.6 is 0 Å². The minimum Gasteiger partial charge on any atom is -0.498 e. The van der Waals surface area contributed by atoms with Crippen molar-refractivity contribution in [3.05, 3.63) is 47.4 Å². The van der Waals surface area contributed by atoms with Crippen LogP contribution in [0.25, 0.3) is 16.8 Å². The zero-order valence-corrected chi connectivity index (χ0v) is 15.0. The second-order valence-electron chi connectivity index (χ2n) is 6.17. The number of methoxy groups -OCH3 is 3. The van der Waals surface area contributed by atoms with Crippen LogP contribution in [0, 0.1) is 0 Å². The number of rotatable bonds is 5. The summed E-state index contributed by atoms with van der Waals surface area (Å²) in [4.78, 5) is 0. The Morgan fingerprint density at radius 3 is 2.73 bits per heavy atom. The zero-order chi connectivity index (χ0) is 18.1. The predicted molar refractivity (Wildman–Crippen MR) is 95.7 cm³/mol. The van der Waals surface area contributed by atoms with Gasteiger partial charge in [0.05, 0.1) is 13.7 Å². The van der Waals surface area contributed by atoms with Crippen molar-refractivity contribution < 1.29 is 18.9 Å². The first-order valence-electron chi connectivity index (χ1n) is 8.45. The number of fused-ring (bicyclic) bond motifs is 1. The van der Waals surface area contributed by atoms with Crippen LogP contribution in [0.2, 0.25) is 0 Å². The van der Waals surface area contributed by atoms with Crippen molar-refractivity contribution >= 4 is 5.57 Å². The molecule has 2 unspecified atom stereocenters. The lowest BCUT2D eigenvalue weighted by Gasteiger charge is -2.28. The molecule has 2 aliphatic rings. The summed E-state index contributed by atoms with van der Waals surface area (Å²) in [5, 5.41) is 11.4. The first-order chi connectivity index (χ1) is 12.7. The number of nitrogens with zero attached hydrogens (tertiary/aromatic N) is 2. The molecular weight excluding hydrogens is 334 g/mol. The highest BCUT2D eigenvalue weighted by Crippen LogP contribution is 2.35. The second kappa shape index (κ2) is 6.93. The average Bonchev–Trinajstić information content (AvgIpc) is 3.35. The third-order valence-electron chi connectivity index (χ3n) is 4.77. The largest absolute Gasteiger partial charge is 0.498 e. The summed E-state index contributed by atoms with van der Waals surface area (Å²) < 4.78 is 22.2. The monoisotopic (exact) mass is 355 g/mol. The normalized spacial score (nSPS) is 21.7. The van der Waals surface area contributed by atoms with Gasteiger partial charge in [-0.15, -0.1) is 0 Å². The highest BCUT2D eigenvalue weighted by molar-refractivity contribution is 5.83. The van der Waals surface area contributed by atoms with Gasteiger partial charge in [-0.25, -0.2) is 0 Å². The SMILES string of the molecule is COC1=CC(c2n[nH]nc2-c2ccc3c(c2)OCC3)=CC(OC)C1OC. The van der Waals surface area contributed by atoms with E-state index in [4.69, 9.17) is 18.9 Å². The first kappa shape index (κ1) is 16.8. The molecule has 2 atom stereocenters. The van der Waals surface area contributed by atoms with Gasteiger partial charge < -0.3 is 18.9 Å². The number of benzene rings is 1. The molecule has 0 amide bonds. The van der Waals surface area contributed by atoms with Crippen LogP contribution in [0.15, 0.2) is 36.1 Å². The van der Waals surface area contributed by atoms with Crippen molar-refractivity contribution in [3.63, 3.8) is 0 Å². The average molecular weight is 355 g/mol. The Hall–Kier alpha value is -2.64. The molecule has 1 N–H and O–H groups in total. The van der Waals surface area contributed by atoms with E-state index in [0.29, 0.717) is 5.76 Å². The van der Waals surface area contributed by atoms with Crippen LogP contribution < -0.4 is 4.74 Å². The minimum atomic E-state index is -0.294. The third kappa shape index (κ3) is 2.79. The van der Waals surface area contributed by atoms with Gasteiger partial charge in [0.1, 0.15) is 35.1 Å². The van der Waals surface area contributed by atoms with Crippen molar-refractivity contribution in [2.75, 3.05) is 27.9 Å². The Kier molecular flexibility index (Phi) is 4.48. The molecule has 0 bridgehead atoms. The lowest BCUT2D eigenvalue weighted by atomic mass is 9.95. The summed E-state index contributed by atoms with van der Waals surface area (Å²) in [6, 6.07) is 6.14. The van der Waals surface area contributed by atoms with Crippen LogP contribution in [0.5, 0.6) is 5.75 Å². The summed E-state index contributed by atoms with van der Waals surface area (Å²) in [6.45, 7) is 0.726. The Morgan fingerprint density at radius 2 is 1.96 bits per heavy atom. The number of hydrogen-bond donors (Lipinski definition) is 1. The lowest BCUT2D eigenvalue weighted by Crippen LogP contribution is -2.33. The molecule has 26 heavy (non-hydrogen) atoms. The first-order valence-corrected chi connectivity index (χ1v) is 8.45. The van der Waals surface area contributed by atoms with Gasteiger partial charge in [-0.1, -0.05) is 12.1 Å². The minimum absolute atomic E-state index is 0.275. The molecular formula is C19H21N3O4. The molecule has 1 aliphatic heterocycles. The van der Waals surface area contributed by atoms with E-state index in [1.54, 1.807) is 21.3 Å². The zero-order valence-electron chi connectivity index (χ0n) is 15.0. The predicted octanol–water partition coefficient (Wildman–Crippen LogP) is 2.36. The number of aromatic nitrogens is 3. The van der Waals surface area contributed by atoms with Crippen LogP contribution in [0.3, 0.4) is 0 Å². The molecule has 0 spiro atoms. The van der Waals surface area contributed by atoms with Crippen molar-refractivity contribution in [3.8, 4) is 17.0 Å². The van der Waals surface area contributed by atoms with E-state index < -0.39 is 0 Å². The highest BCUT2D eigenvalue weighted by atomic mass is 16.6. The van der Waals surface area contributed by atoms with E-state index in [1.165, 1.54) is 5.56 Å². The molecule has 0 saturated carbocycles. The Morgan fingerprint density at radius 1 is 1.12 bits per heavy atom. The summed E-state index contributed by atoms with van der Waals surface area (Å²) in [5.74, 6) is 1.60. The molecule has 1 aromatic carbocycles. The van der Waals surface area contributed by atoms with Crippen LogP contribution in [-0.2, 0) is 20.6 Å². The van der Waals surface area contributed by atoms with E-state index in [0.717, 1.165) is 41.3 Å². The maximum Gasteiger partial charge on any atom is 0.144 e. The molecule has 1 aliphatic carbocycles. The molecule has 7 nitrogen and oxygen atoms in total. The van der Waals surface area contributed by atoms with Crippen molar-refractivity contribution in [1.82, 2.24) is 15.4 Å². The van der Waals surface area contributed by atoms with Gasteiger partial charge in [0, 0.05) is 31.8 Å². The maximum atomic E-state index is 5.68. The number of allylic oxidation sites excluding steroid dienone is 2. The standard InChI is InChI=1S/C19H21N3O4/c1-23-15-9-13(10-16(24-2)19(15)25-3)18-17(20-22-21-18)12-5-4-11-6-7-26-14(11)8-12/h4-5,8-10,15,19H,6-7H2,1-3H3,(H,20,21,22). The molecule has 1 aromatic heterocycles. The molecule has 0 saturated heterocycles. The number of nitrogens with one attached hydrogen (secondary N) is 1. The quantitative estimate of drug-likeness (QED) is 0.887. The van der Waals surface area contributed by atoms with E-state index in [-0.39, 0.29) is 12.2 Å². The summed E-state index contributed by atoms with van der Waals surface area (Å²) in [5.41, 5.74) is 4.53. The lowest BCUT2D eigenvalue weighted by molar-refractivity contribution is -0.0178. The van der Waals surface area contributed by atoms with Gasteiger partial charge in [-0.2, -0.15) is 15.4 Å². The molecule has 7 heteroatoms. The molecule has 4 rings (SSSR count). The number of aromatic amines is 1. The topological polar surface area (TPSA) is 78.5 Å². The van der Waals surface area contributed by atoms with Crippen molar-refractivity contribution in [2.45, 2.75) is 18.6 Å². The number of hydrogen-bond acceptors (Lipinski definition) is 6. The van der Waals surface area contributed by atoms with Gasteiger partial charge in [-0.05, 0) is 23.8 Å². The smallest absolute Gasteiger partial charge is 0.144 e. The van der Waals surface area contributed by atoms with Crippen molar-refractivity contribution in [2.24, 2.45) is 0 Å². The van der Waals surface area contributed by atoms with Crippen molar-refractivity contribution in [1.29, 1.82) is 0 Å². The van der Waals surface area contributed by atoms with E-state index in [1.807, 2.05) is 24.3 Å². The van der Waals surface area contributed by atoms with Crippen LogP contribution in [0.4, 0.5) is 0 Å². The van der Waals surface area contributed by atoms with E-state index in [2.05, 4.69) is 21.5 Å². The number of ether oxygens (including phenoxy) is 4. The summed E-state index contributed by atoms with van der Waals surface area (Å²) >= 11 is 0. The Balaban J connectivity index is 1.75. The fraction of sp³-hybridized carbons (Fsp3) is 0.368. The maximum absolute atomic E-state index is 5.68. The summed E-state index contributed by atoms with van der Waals surface area (Å²) in [7, 11) is 4.90. The Labute approximate surface area is 151 Å². The van der Waals surface area contributed by atoms with E-state index >= 15 is 0 Å². The molecule has 0 fully saturated rings. The van der Waals surface area contributed by atoms with Crippen LogP contribution in [0.1, 0.15) is 11.3 Å². The summed E-state index contributed by atoms with van der Waals surface area (Å²) in [6.07, 6.45) is 4.26.